The normalized spacial score (nSPS) is 10.7. The fourth-order valence-electron chi connectivity index (χ4n) is 2.38. The van der Waals surface area contributed by atoms with Gasteiger partial charge in [-0.15, -0.1) is 0 Å². The molecule has 1 heterocycles. The molecule has 2 nitrogen and oxygen atoms in total. The summed E-state index contributed by atoms with van der Waals surface area (Å²) in [6.45, 7) is 11.6. The fourth-order valence-corrected chi connectivity index (χ4v) is 2.60. The molecule has 2 rings (SSSR count). The highest BCUT2D eigenvalue weighted by molar-refractivity contribution is 9.10. The summed E-state index contributed by atoms with van der Waals surface area (Å²) in [6.07, 6.45) is 1.85. The van der Waals surface area contributed by atoms with Crippen LogP contribution >= 0.6 is 15.9 Å². The number of nitrogens with one attached hydrogen (secondary N) is 1. The van der Waals surface area contributed by atoms with Gasteiger partial charge in [-0.3, -0.25) is 0 Å². The average molecular weight is 333 g/mol. The Kier molecular flexibility index (Phi) is 4.48. The van der Waals surface area contributed by atoms with Gasteiger partial charge in [-0.05, 0) is 90.0 Å². The Morgan fingerprint density at radius 2 is 1.55 bits per heavy atom. The van der Waals surface area contributed by atoms with Crippen molar-refractivity contribution in [1.82, 2.24) is 4.98 Å². The van der Waals surface area contributed by atoms with E-state index in [9.17, 15) is 0 Å². The first-order valence-electron chi connectivity index (χ1n) is 6.82. The lowest BCUT2D eigenvalue weighted by Crippen LogP contribution is -2.07. The number of halogens is 1. The van der Waals surface area contributed by atoms with Crippen molar-refractivity contribution in [1.29, 1.82) is 0 Å². The number of rotatable bonds is 3. The summed E-state index contributed by atoms with van der Waals surface area (Å²) in [5.74, 6) is 0.920. The van der Waals surface area contributed by atoms with Crippen molar-refractivity contribution in [2.24, 2.45) is 0 Å². The Morgan fingerprint density at radius 3 is 2.10 bits per heavy atom. The van der Waals surface area contributed by atoms with Gasteiger partial charge in [0, 0.05) is 17.2 Å². The first-order chi connectivity index (χ1) is 9.40. The van der Waals surface area contributed by atoms with E-state index in [0.29, 0.717) is 0 Å². The molecule has 0 spiro atoms. The molecule has 106 valence electrons. The molecule has 0 aliphatic carbocycles. The lowest BCUT2D eigenvalue weighted by atomic mass is 9.94. The predicted octanol–water partition coefficient (Wildman–Crippen LogP) is 5.00. The van der Waals surface area contributed by atoms with Crippen LogP contribution in [0.15, 0.2) is 22.8 Å². The largest absolute Gasteiger partial charge is 0.366 e. The van der Waals surface area contributed by atoms with Crippen LogP contribution in [0.3, 0.4) is 0 Å². The molecule has 0 aliphatic rings. The second-order valence-electron chi connectivity index (χ2n) is 5.41. The zero-order chi connectivity index (χ0) is 14.9. The van der Waals surface area contributed by atoms with E-state index in [0.717, 1.165) is 16.8 Å². The third-order valence-electron chi connectivity index (χ3n) is 4.01. The molecule has 3 heteroatoms. The standard InChI is InChI=1S/C17H21BrN2/c1-10-6-11(2)14(5)15(13(10)4)8-19-17-7-12(3)16(18)9-20-17/h6-7,9H,8H2,1-5H3,(H,19,20). The van der Waals surface area contributed by atoms with E-state index in [1.165, 1.54) is 33.4 Å². The van der Waals surface area contributed by atoms with Crippen LogP contribution in [-0.2, 0) is 6.54 Å². The minimum atomic E-state index is 0.814. The molecule has 0 bridgehead atoms. The van der Waals surface area contributed by atoms with E-state index in [4.69, 9.17) is 0 Å². The highest BCUT2D eigenvalue weighted by Crippen LogP contribution is 2.23. The maximum Gasteiger partial charge on any atom is 0.126 e. The van der Waals surface area contributed by atoms with Gasteiger partial charge in [0.25, 0.3) is 0 Å². The van der Waals surface area contributed by atoms with Gasteiger partial charge >= 0.3 is 0 Å². The molecule has 20 heavy (non-hydrogen) atoms. The van der Waals surface area contributed by atoms with E-state index in [1.807, 2.05) is 6.20 Å². The predicted molar refractivity (Wildman–Crippen MR) is 89.4 cm³/mol. The monoisotopic (exact) mass is 332 g/mol. The minimum Gasteiger partial charge on any atom is -0.366 e. The van der Waals surface area contributed by atoms with E-state index < -0.39 is 0 Å². The number of hydrogen-bond acceptors (Lipinski definition) is 2. The molecule has 0 fully saturated rings. The summed E-state index contributed by atoms with van der Waals surface area (Å²) in [6, 6.07) is 4.33. The number of anilines is 1. The van der Waals surface area contributed by atoms with Crippen LogP contribution in [0.25, 0.3) is 0 Å². The van der Waals surface area contributed by atoms with Crippen molar-refractivity contribution in [3.8, 4) is 0 Å². The highest BCUT2D eigenvalue weighted by Gasteiger charge is 2.08. The SMILES string of the molecule is Cc1cc(NCc2c(C)c(C)cc(C)c2C)ncc1Br. The molecule has 1 aromatic heterocycles. The summed E-state index contributed by atoms with van der Waals surface area (Å²) in [7, 11) is 0. The van der Waals surface area contributed by atoms with Crippen LogP contribution in [0.4, 0.5) is 5.82 Å². The van der Waals surface area contributed by atoms with Gasteiger partial charge in [0.05, 0.1) is 0 Å². The van der Waals surface area contributed by atoms with Gasteiger partial charge in [-0.2, -0.15) is 0 Å². The zero-order valence-corrected chi connectivity index (χ0v) is 14.4. The molecule has 1 N–H and O–H groups in total. The number of nitrogens with zero attached hydrogens (tertiary/aromatic N) is 1. The van der Waals surface area contributed by atoms with Gasteiger partial charge in [0.15, 0.2) is 0 Å². The number of hydrogen-bond donors (Lipinski definition) is 1. The number of aryl methyl sites for hydroxylation is 3. The van der Waals surface area contributed by atoms with Crippen LogP contribution in [0.2, 0.25) is 0 Å². The van der Waals surface area contributed by atoms with Gasteiger partial charge in [-0.25, -0.2) is 4.98 Å². The maximum absolute atomic E-state index is 4.40. The number of benzene rings is 1. The van der Waals surface area contributed by atoms with E-state index in [2.05, 4.69) is 73.0 Å². The van der Waals surface area contributed by atoms with Crippen LogP contribution in [0.1, 0.15) is 33.4 Å². The van der Waals surface area contributed by atoms with Crippen molar-refractivity contribution >= 4 is 21.7 Å². The summed E-state index contributed by atoms with van der Waals surface area (Å²) in [5, 5.41) is 3.43. The highest BCUT2D eigenvalue weighted by atomic mass is 79.9. The average Bonchev–Trinajstić information content (AvgIpc) is 2.40. The Labute approximate surface area is 129 Å². The molecule has 1 aromatic carbocycles. The molecular weight excluding hydrogens is 312 g/mol. The third kappa shape index (κ3) is 3.04. The molecule has 0 aliphatic heterocycles. The molecule has 0 unspecified atom stereocenters. The Balaban J connectivity index is 2.25. The van der Waals surface area contributed by atoms with Gasteiger partial charge in [0.2, 0.25) is 0 Å². The third-order valence-corrected chi connectivity index (χ3v) is 4.84. The van der Waals surface area contributed by atoms with Gasteiger partial charge in [0.1, 0.15) is 5.82 Å². The lowest BCUT2D eigenvalue weighted by molar-refractivity contribution is 1.04. The first-order valence-corrected chi connectivity index (χ1v) is 7.61. The molecule has 0 amide bonds. The van der Waals surface area contributed by atoms with Crippen LogP contribution < -0.4 is 5.32 Å². The first kappa shape index (κ1) is 15.0. The van der Waals surface area contributed by atoms with E-state index in [-0.39, 0.29) is 0 Å². The van der Waals surface area contributed by atoms with E-state index >= 15 is 0 Å². The topological polar surface area (TPSA) is 24.9 Å². The number of pyridine rings is 1. The second kappa shape index (κ2) is 5.96. The van der Waals surface area contributed by atoms with Crippen molar-refractivity contribution in [2.45, 2.75) is 41.2 Å². The van der Waals surface area contributed by atoms with Crippen LogP contribution in [0, 0.1) is 34.6 Å². The van der Waals surface area contributed by atoms with Crippen molar-refractivity contribution < 1.29 is 0 Å². The molecule has 0 atom stereocenters. The van der Waals surface area contributed by atoms with E-state index in [1.54, 1.807) is 0 Å². The Hall–Kier alpha value is -1.35. The molecular formula is C17H21BrN2. The van der Waals surface area contributed by atoms with Gasteiger partial charge in [-0.1, -0.05) is 6.07 Å². The smallest absolute Gasteiger partial charge is 0.126 e. The van der Waals surface area contributed by atoms with Crippen molar-refractivity contribution in [3.63, 3.8) is 0 Å². The lowest BCUT2D eigenvalue weighted by Gasteiger charge is -2.16. The summed E-state index contributed by atoms with van der Waals surface area (Å²) >= 11 is 3.48. The summed E-state index contributed by atoms with van der Waals surface area (Å²) in [4.78, 5) is 4.40. The number of aromatic nitrogens is 1. The van der Waals surface area contributed by atoms with Crippen LogP contribution in [0.5, 0.6) is 0 Å². The second-order valence-corrected chi connectivity index (χ2v) is 6.27. The van der Waals surface area contributed by atoms with Crippen molar-refractivity contribution in [2.75, 3.05) is 5.32 Å². The quantitative estimate of drug-likeness (QED) is 0.855. The minimum absolute atomic E-state index is 0.814. The zero-order valence-electron chi connectivity index (χ0n) is 12.8. The molecule has 2 aromatic rings. The molecule has 0 saturated heterocycles. The Morgan fingerprint density at radius 1 is 0.950 bits per heavy atom. The van der Waals surface area contributed by atoms with Crippen molar-refractivity contribution in [3.05, 3.63) is 56.2 Å². The maximum atomic E-state index is 4.40. The Bertz CT molecular complexity index is 622. The fraction of sp³-hybridized carbons (Fsp3) is 0.353. The summed E-state index contributed by atoms with van der Waals surface area (Å²) in [5.41, 5.74) is 8.01. The van der Waals surface area contributed by atoms with Gasteiger partial charge < -0.3 is 5.32 Å². The van der Waals surface area contributed by atoms with Crippen LogP contribution in [-0.4, -0.2) is 4.98 Å². The molecule has 0 saturated carbocycles. The summed E-state index contributed by atoms with van der Waals surface area (Å²) < 4.78 is 1.04. The molecule has 0 radical (unpaired) electrons.